The Kier molecular flexibility index (Phi) is 4.43. The van der Waals surface area contributed by atoms with E-state index >= 15 is 0 Å². The third-order valence-electron chi connectivity index (χ3n) is 3.83. The van der Waals surface area contributed by atoms with Crippen LogP contribution in [0.15, 0.2) is 0 Å². The normalized spacial score (nSPS) is 30.4. The highest BCUT2D eigenvalue weighted by molar-refractivity contribution is 5.79. The van der Waals surface area contributed by atoms with E-state index in [2.05, 4.69) is 19.2 Å². The Morgan fingerprint density at radius 1 is 1.29 bits per heavy atom. The zero-order valence-electron chi connectivity index (χ0n) is 11.1. The predicted octanol–water partition coefficient (Wildman–Crippen LogP) is 2.21. The smallest absolute Gasteiger partial charge is 0.223 e. The average Bonchev–Trinajstić information content (AvgIpc) is 2.90. The fourth-order valence-corrected chi connectivity index (χ4v) is 2.78. The average molecular weight is 239 g/mol. The van der Waals surface area contributed by atoms with Crippen molar-refractivity contribution in [2.24, 2.45) is 23.7 Å². The van der Waals surface area contributed by atoms with Gasteiger partial charge in [0.05, 0.1) is 0 Å². The fraction of sp³-hybridized carbons (Fsp3) is 0.929. The molecule has 2 fully saturated rings. The van der Waals surface area contributed by atoms with Crippen LogP contribution >= 0.6 is 0 Å². The number of hydrogen-bond acceptors (Lipinski definition) is 2. The molecule has 2 saturated carbocycles. The Morgan fingerprint density at radius 2 is 2.00 bits per heavy atom. The molecule has 1 N–H and O–H groups in total. The van der Waals surface area contributed by atoms with Crippen molar-refractivity contribution in [2.75, 3.05) is 19.8 Å². The molecule has 3 heteroatoms. The number of hydrogen-bond donors (Lipinski definition) is 1. The second kappa shape index (κ2) is 5.85. The third kappa shape index (κ3) is 3.98. The van der Waals surface area contributed by atoms with Gasteiger partial charge < -0.3 is 10.1 Å². The highest BCUT2D eigenvalue weighted by Crippen LogP contribution is 2.54. The summed E-state index contributed by atoms with van der Waals surface area (Å²) in [5.41, 5.74) is 0. The Labute approximate surface area is 104 Å². The van der Waals surface area contributed by atoms with Gasteiger partial charge in [0, 0.05) is 25.7 Å². The molecule has 17 heavy (non-hydrogen) atoms. The second-order valence-electron chi connectivity index (χ2n) is 6.04. The van der Waals surface area contributed by atoms with Crippen molar-refractivity contribution >= 4 is 5.91 Å². The Hall–Kier alpha value is -0.570. The monoisotopic (exact) mass is 239 g/mol. The molecule has 0 aromatic carbocycles. The van der Waals surface area contributed by atoms with Crippen molar-refractivity contribution in [3.63, 3.8) is 0 Å². The van der Waals surface area contributed by atoms with Gasteiger partial charge in [-0.25, -0.2) is 0 Å². The molecule has 0 aromatic heterocycles. The Balaban J connectivity index is 1.46. The quantitative estimate of drug-likeness (QED) is 0.692. The molecule has 1 amide bonds. The van der Waals surface area contributed by atoms with Crippen LogP contribution in [0.25, 0.3) is 0 Å². The minimum atomic E-state index is 0.279. The number of amides is 1. The van der Waals surface area contributed by atoms with E-state index in [0.29, 0.717) is 11.8 Å². The van der Waals surface area contributed by atoms with Crippen LogP contribution in [-0.4, -0.2) is 25.7 Å². The van der Waals surface area contributed by atoms with Crippen molar-refractivity contribution in [1.82, 2.24) is 5.32 Å². The SMILES string of the molecule is CC(C)COCCCNC(=O)C1CC2CC2C1. The summed E-state index contributed by atoms with van der Waals surface area (Å²) in [5, 5.41) is 3.03. The molecule has 0 radical (unpaired) electrons. The third-order valence-corrected chi connectivity index (χ3v) is 3.83. The van der Waals surface area contributed by atoms with Gasteiger partial charge in [-0.3, -0.25) is 4.79 Å². The summed E-state index contributed by atoms with van der Waals surface area (Å²) in [6, 6.07) is 0. The summed E-state index contributed by atoms with van der Waals surface area (Å²) >= 11 is 0. The second-order valence-corrected chi connectivity index (χ2v) is 6.04. The lowest BCUT2D eigenvalue weighted by molar-refractivity contribution is -0.125. The van der Waals surface area contributed by atoms with Crippen LogP contribution in [-0.2, 0) is 9.53 Å². The zero-order chi connectivity index (χ0) is 12.3. The van der Waals surface area contributed by atoms with Gasteiger partial charge in [-0.15, -0.1) is 0 Å². The van der Waals surface area contributed by atoms with Crippen molar-refractivity contribution in [3.05, 3.63) is 0 Å². The molecule has 0 bridgehead atoms. The molecule has 0 aromatic rings. The molecule has 0 saturated heterocycles. The van der Waals surface area contributed by atoms with E-state index in [9.17, 15) is 4.79 Å². The number of nitrogens with one attached hydrogen (secondary N) is 1. The van der Waals surface area contributed by atoms with E-state index in [0.717, 1.165) is 50.9 Å². The minimum Gasteiger partial charge on any atom is -0.381 e. The van der Waals surface area contributed by atoms with Gasteiger partial charge in [0.2, 0.25) is 5.91 Å². The number of rotatable bonds is 7. The largest absolute Gasteiger partial charge is 0.381 e. The fourth-order valence-electron chi connectivity index (χ4n) is 2.78. The number of carbonyl (C=O) groups excluding carboxylic acids is 1. The molecule has 98 valence electrons. The van der Waals surface area contributed by atoms with Crippen molar-refractivity contribution in [1.29, 1.82) is 0 Å². The van der Waals surface area contributed by atoms with E-state index in [-0.39, 0.29) is 5.91 Å². The van der Waals surface area contributed by atoms with Crippen LogP contribution < -0.4 is 5.32 Å². The molecule has 0 aliphatic heterocycles. The van der Waals surface area contributed by atoms with Gasteiger partial charge in [-0.2, -0.15) is 0 Å². The molecule has 0 spiro atoms. The first-order valence-electron chi connectivity index (χ1n) is 7.02. The standard InChI is InChI=1S/C14H25NO2/c1-10(2)9-17-5-3-4-15-14(16)13-7-11-6-12(11)8-13/h10-13H,3-9H2,1-2H3,(H,15,16). The summed E-state index contributed by atoms with van der Waals surface area (Å²) in [7, 11) is 0. The molecule has 2 atom stereocenters. The summed E-state index contributed by atoms with van der Waals surface area (Å²) < 4.78 is 5.48. The van der Waals surface area contributed by atoms with E-state index < -0.39 is 0 Å². The zero-order valence-corrected chi connectivity index (χ0v) is 11.1. The molecular weight excluding hydrogens is 214 g/mol. The molecular formula is C14H25NO2. The van der Waals surface area contributed by atoms with Gasteiger partial charge in [0.1, 0.15) is 0 Å². The molecule has 2 unspecified atom stereocenters. The maximum Gasteiger partial charge on any atom is 0.223 e. The van der Waals surface area contributed by atoms with Crippen molar-refractivity contribution in [2.45, 2.75) is 39.5 Å². The summed E-state index contributed by atoms with van der Waals surface area (Å²) in [6.07, 6.45) is 4.59. The molecule has 0 heterocycles. The van der Waals surface area contributed by atoms with Crippen LogP contribution in [0.2, 0.25) is 0 Å². The van der Waals surface area contributed by atoms with Crippen LogP contribution in [0, 0.1) is 23.7 Å². The van der Waals surface area contributed by atoms with Crippen LogP contribution in [0.1, 0.15) is 39.5 Å². The Morgan fingerprint density at radius 3 is 2.65 bits per heavy atom. The van der Waals surface area contributed by atoms with E-state index in [1.807, 2.05) is 0 Å². The highest BCUT2D eigenvalue weighted by atomic mass is 16.5. The van der Waals surface area contributed by atoms with Gasteiger partial charge in [-0.1, -0.05) is 13.8 Å². The molecule has 2 aliphatic carbocycles. The highest BCUT2D eigenvalue weighted by Gasteiger charge is 2.47. The van der Waals surface area contributed by atoms with Crippen LogP contribution in [0.5, 0.6) is 0 Å². The lowest BCUT2D eigenvalue weighted by Gasteiger charge is -2.12. The topological polar surface area (TPSA) is 38.3 Å². The lowest BCUT2D eigenvalue weighted by Crippen LogP contribution is -2.31. The number of carbonyl (C=O) groups is 1. The summed E-state index contributed by atoms with van der Waals surface area (Å²) in [6.45, 7) is 6.64. The van der Waals surface area contributed by atoms with Crippen molar-refractivity contribution in [3.8, 4) is 0 Å². The number of fused-ring (bicyclic) bond motifs is 1. The maximum absolute atomic E-state index is 11.8. The maximum atomic E-state index is 11.8. The van der Waals surface area contributed by atoms with Gasteiger partial charge in [0.15, 0.2) is 0 Å². The van der Waals surface area contributed by atoms with Crippen LogP contribution in [0.3, 0.4) is 0 Å². The molecule has 2 rings (SSSR count). The van der Waals surface area contributed by atoms with E-state index in [4.69, 9.17) is 4.74 Å². The lowest BCUT2D eigenvalue weighted by atomic mass is 10.0. The van der Waals surface area contributed by atoms with Gasteiger partial charge in [-0.05, 0) is 43.4 Å². The first-order chi connectivity index (χ1) is 8.16. The first kappa shape index (κ1) is 12.9. The molecule has 2 aliphatic rings. The van der Waals surface area contributed by atoms with Crippen LogP contribution in [0.4, 0.5) is 0 Å². The Bertz CT molecular complexity index is 255. The molecule has 3 nitrogen and oxygen atoms in total. The summed E-state index contributed by atoms with van der Waals surface area (Å²) in [5.74, 6) is 2.96. The predicted molar refractivity (Wildman–Crippen MR) is 67.6 cm³/mol. The van der Waals surface area contributed by atoms with Crippen molar-refractivity contribution < 1.29 is 9.53 Å². The van der Waals surface area contributed by atoms with Gasteiger partial charge in [0.25, 0.3) is 0 Å². The van der Waals surface area contributed by atoms with E-state index in [1.165, 1.54) is 6.42 Å². The number of ether oxygens (including phenoxy) is 1. The minimum absolute atomic E-state index is 0.279. The summed E-state index contributed by atoms with van der Waals surface area (Å²) in [4.78, 5) is 11.8. The van der Waals surface area contributed by atoms with E-state index in [1.54, 1.807) is 0 Å². The van der Waals surface area contributed by atoms with Gasteiger partial charge >= 0.3 is 0 Å². The first-order valence-corrected chi connectivity index (χ1v) is 7.02.